The molecule has 2 heterocycles. The molecule has 1 aromatic heterocycles. The number of nitrogens with zero attached hydrogens (tertiary/aromatic N) is 3. The monoisotopic (exact) mass is 355 g/mol. The van der Waals surface area contributed by atoms with Gasteiger partial charge in [-0.15, -0.1) is 0 Å². The van der Waals surface area contributed by atoms with Crippen molar-refractivity contribution in [2.24, 2.45) is 5.92 Å². The molecule has 1 aromatic carbocycles. The topological polar surface area (TPSA) is 68.5 Å². The fourth-order valence-corrected chi connectivity index (χ4v) is 3.62. The number of nitro groups is 1. The third-order valence-corrected chi connectivity index (χ3v) is 4.67. The van der Waals surface area contributed by atoms with Crippen LogP contribution in [0.25, 0.3) is 0 Å². The van der Waals surface area contributed by atoms with E-state index in [2.05, 4.69) is 22.9 Å². The van der Waals surface area contributed by atoms with Crippen molar-refractivity contribution in [1.29, 1.82) is 0 Å². The first kappa shape index (κ1) is 18.3. The van der Waals surface area contributed by atoms with Crippen LogP contribution in [0.5, 0.6) is 5.75 Å². The van der Waals surface area contributed by atoms with Crippen molar-refractivity contribution in [3.8, 4) is 5.75 Å². The molecule has 1 saturated heterocycles. The highest BCUT2D eigenvalue weighted by atomic mass is 16.6. The molecular weight excluding hydrogens is 330 g/mol. The van der Waals surface area contributed by atoms with Crippen LogP contribution in [-0.4, -0.2) is 27.5 Å². The third-order valence-electron chi connectivity index (χ3n) is 4.67. The van der Waals surface area contributed by atoms with Gasteiger partial charge in [0.1, 0.15) is 5.75 Å². The predicted molar refractivity (Wildman–Crippen MR) is 100 cm³/mol. The van der Waals surface area contributed by atoms with E-state index in [0.717, 1.165) is 24.3 Å². The lowest BCUT2D eigenvalue weighted by Crippen LogP contribution is -2.24. The Kier molecular flexibility index (Phi) is 5.52. The largest absolute Gasteiger partial charge is 0.491 e. The van der Waals surface area contributed by atoms with E-state index in [-0.39, 0.29) is 22.8 Å². The summed E-state index contributed by atoms with van der Waals surface area (Å²) in [6.07, 6.45) is 4.76. The number of pyridine rings is 1. The minimum atomic E-state index is -0.353. The van der Waals surface area contributed by atoms with Gasteiger partial charge in [0.25, 0.3) is 5.69 Å². The molecule has 0 unspecified atom stereocenters. The highest BCUT2D eigenvalue weighted by Crippen LogP contribution is 2.37. The van der Waals surface area contributed by atoms with Crippen LogP contribution in [0.1, 0.15) is 44.4 Å². The van der Waals surface area contributed by atoms with Crippen LogP contribution in [0.2, 0.25) is 0 Å². The first-order valence-corrected chi connectivity index (χ1v) is 9.02. The van der Waals surface area contributed by atoms with Crippen LogP contribution in [0.15, 0.2) is 42.7 Å². The Labute approximate surface area is 154 Å². The van der Waals surface area contributed by atoms with Crippen molar-refractivity contribution in [2.75, 3.05) is 6.54 Å². The van der Waals surface area contributed by atoms with E-state index < -0.39 is 0 Å². The molecule has 1 fully saturated rings. The van der Waals surface area contributed by atoms with Crippen molar-refractivity contribution >= 4 is 5.69 Å². The van der Waals surface area contributed by atoms with Crippen LogP contribution in [0, 0.1) is 16.0 Å². The Balaban J connectivity index is 1.90. The molecule has 0 amide bonds. The average molecular weight is 355 g/mol. The Hall–Kier alpha value is -2.47. The molecule has 6 nitrogen and oxygen atoms in total. The molecule has 0 N–H and O–H groups in total. The summed E-state index contributed by atoms with van der Waals surface area (Å²) in [7, 11) is 0. The minimum Gasteiger partial charge on any atom is -0.491 e. The van der Waals surface area contributed by atoms with Gasteiger partial charge in [-0.1, -0.05) is 13.0 Å². The van der Waals surface area contributed by atoms with Crippen LogP contribution in [-0.2, 0) is 6.54 Å². The van der Waals surface area contributed by atoms with Crippen molar-refractivity contribution in [3.05, 3.63) is 64.0 Å². The van der Waals surface area contributed by atoms with Gasteiger partial charge in [0.05, 0.1) is 11.0 Å². The first-order chi connectivity index (χ1) is 12.4. The van der Waals surface area contributed by atoms with E-state index in [1.54, 1.807) is 18.3 Å². The summed E-state index contributed by atoms with van der Waals surface area (Å²) >= 11 is 0. The summed E-state index contributed by atoms with van der Waals surface area (Å²) in [4.78, 5) is 17.5. The van der Waals surface area contributed by atoms with Gasteiger partial charge in [-0.25, -0.2) is 0 Å². The van der Waals surface area contributed by atoms with E-state index in [9.17, 15) is 10.1 Å². The first-order valence-electron chi connectivity index (χ1n) is 9.02. The molecule has 0 bridgehead atoms. The highest BCUT2D eigenvalue weighted by molar-refractivity contribution is 5.44. The molecule has 0 radical (unpaired) electrons. The molecule has 3 rings (SSSR count). The van der Waals surface area contributed by atoms with Gasteiger partial charge in [0, 0.05) is 49.2 Å². The van der Waals surface area contributed by atoms with Crippen LogP contribution in [0.3, 0.4) is 0 Å². The predicted octanol–water partition coefficient (Wildman–Crippen LogP) is 4.36. The summed E-state index contributed by atoms with van der Waals surface area (Å²) < 4.78 is 5.90. The number of hydrogen-bond donors (Lipinski definition) is 0. The summed E-state index contributed by atoms with van der Waals surface area (Å²) in [5.41, 5.74) is 2.14. The quantitative estimate of drug-likeness (QED) is 0.569. The number of likely N-dealkylation sites (tertiary alicyclic amines) is 1. The molecule has 0 saturated carbocycles. The number of rotatable bonds is 6. The van der Waals surface area contributed by atoms with Gasteiger partial charge < -0.3 is 4.74 Å². The van der Waals surface area contributed by atoms with Gasteiger partial charge in [-0.3, -0.25) is 20.0 Å². The standard InChI is InChI=1S/C20H25N3O3/c1-14(2)26-20-7-6-18(23(24)25)10-17(20)13-22-12-15(3)9-19(22)16-5-4-8-21-11-16/h4-8,10-11,14-15,19H,9,12-13H2,1-3H3/t15-,19+/m1/s1. The fraction of sp³-hybridized carbons (Fsp3) is 0.450. The normalized spacial score (nSPS) is 20.5. The molecule has 2 aromatic rings. The molecular formula is C20H25N3O3. The summed E-state index contributed by atoms with van der Waals surface area (Å²) in [5.74, 6) is 1.28. The summed E-state index contributed by atoms with van der Waals surface area (Å²) in [5, 5.41) is 11.2. The Bertz CT molecular complexity index is 764. The van der Waals surface area contributed by atoms with E-state index >= 15 is 0 Å². The molecule has 0 aliphatic carbocycles. The molecule has 0 spiro atoms. The fourth-order valence-electron chi connectivity index (χ4n) is 3.62. The smallest absolute Gasteiger partial charge is 0.270 e. The molecule has 138 valence electrons. The maximum atomic E-state index is 11.2. The third kappa shape index (κ3) is 4.19. The molecule has 26 heavy (non-hydrogen) atoms. The molecule has 1 aliphatic heterocycles. The van der Waals surface area contributed by atoms with Crippen molar-refractivity contribution in [1.82, 2.24) is 9.88 Å². The second kappa shape index (κ2) is 7.83. The Morgan fingerprint density at radius 2 is 2.19 bits per heavy atom. The average Bonchev–Trinajstić information content (AvgIpc) is 2.97. The minimum absolute atomic E-state index is 0.0156. The Morgan fingerprint density at radius 3 is 2.85 bits per heavy atom. The van der Waals surface area contributed by atoms with Crippen molar-refractivity contribution in [3.63, 3.8) is 0 Å². The summed E-state index contributed by atoms with van der Waals surface area (Å²) in [6.45, 7) is 7.72. The zero-order valence-corrected chi connectivity index (χ0v) is 15.5. The van der Waals surface area contributed by atoms with Gasteiger partial charge in [0.15, 0.2) is 0 Å². The lowest BCUT2D eigenvalue weighted by atomic mass is 10.0. The lowest BCUT2D eigenvalue weighted by molar-refractivity contribution is -0.385. The maximum absolute atomic E-state index is 11.2. The number of nitro benzene ring substituents is 1. The number of ether oxygens (including phenoxy) is 1. The SMILES string of the molecule is CC(C)Oc1ccc([N+](=O)[O-])cc1CN1C[C@H](C)C[C@H]1c1cccnc1. The number of non-ortho nitro benzene ring substituents is 1. The number of benzene rings is 1. The van der Waals surface area contributed by atoms with Gasteiger partial charge in [0.2, 0.25) is 0 Å². The van der Waals surface area contributed by atoms with E-state index in [0.29, 0.717) is 12.5 Å². The van der Waals surface area contributed by atoms with Crippen LogP contribution < -0.4 is 4.74 Å². The van der Waals surface area contributed by atoms with Crippen LogP contribution >= 0.6 is 0 Å². The lowest BCUT2D eigenvalue weighted by Gasteiger charge is -2.26. The zero-order chi connectivity index (χ0) is 18.7. The number of aromatic nitrogens is 1. The van der Waals surface area contributed by atoms with Crippen LogP contribution in [0.4, 0.5) is 5.69 Å². The van der Waals surface area contributed by atoms with E-state index in [1.807, 2.05) is 26.1 Å². The van der Waals surface area contributed by atoms with E-state index in [4.69, 9.17) is 4.74 Å². The molecule has 6 heteroatoms. The Morgan fingerprint density at radius 1 is 1.38 bits per heavy atom. The van der Waals surface area contributed by atoms with Crippen molar-refractivity contribution < 1.29 is 9.66 Å². The van der Waals surface area contributed by atoms with Gasteiger partial charge in [-0.05, 0) is 43.9 Å². The van der Waals surface area contributed by atoms with E-state index in [1.165, 1.54) is 11.6 Å². The van der Waals surface area contributed by atoms with Crippen molar-refractivity contribution in [2.45, 2.75) is 45.9 Å². The molecule has 2 atom stereocenters. The van der Waals surface area contributed by atoms with Gasteiger partial charge in [-0.2, -0.15) is 0 Å². The highest BCUT2D eigenvalue weighted by Gasteiger charge is 2.31. The second-order valence-electron chi connectivity index (χ2n) is 7.29. The number of hydrogen-bond acceptors (Lipinski definition) is 5. The zero-order valence-electron chi connectivity index (χ0n) is 15.5. The summed E-state index contributed by atoms with van der Waals surface area (Å²) in [6, 6.07) is 9.18. The maximum Gasteiger partial charge on any atom is 0.270 e. The second-order valence-corrected chi connectivity index (χ2v) is 7.29. The molecule has 1 aliphatic rings. The van der Waals surface area contributed by atoms with Gasteiger partial charge >= 0.3 is 0 Å².